The first-order chi connectivity index (χ1) is 29.3. The fraction of sp³-hybridized carbons (Fsp3) is 0.483. The number of fused-ring (bicyclic) bond motifs is 7. The van der Waals surface area contributed by atoms with Crippen molar-refractivity contribution in [2.45, 2.75) is 181 Å². The van der Waals surface area contributed by atoms with E-state index < -0.39 is 6.85 Å². The Kier molecular flexibility index (Phi) is 7.51. The van der Waals surface area contributed by atoms with Crippen molar-refractivity contribution in [2.75, 3.05) is 9.80 Å². The van der Waals surface area contributed by atoms with E-state index in [1.165, 1.54) is 66.6 Å². The molecule has 0 N–H and O–H groups in total. The van der Waals surface area contributed by atoms with E-state index in [0.29, 0.717) is 5.56 Å². The summed E-state index contributed by atoms with van der Waals surface area (Å²) in [4.78, 5) is 4.96. The van der Waals surface area contributed by atoms with Crippen molar-refractivity contribution in [1.29, 1.82) is 0 Å². The van der Waals surface area contributed by atoms with Gasteiger partial charge in [-0.1, -0.05) is 134 Å². The Hall–Kier alpha value is -4.24. The maximum Gasteiger partial charge on any atom is 0.252 e. The minimum absolute atomic E-state index is 0.00263. The van der Waals surface area contributed by atoms with Crippen LogP contribution in [0.4, 0.5) is 34.1 Å². The second-order valence-corrected chi connectivity index (χ2v) is 25.1. The van der Waals surface area contributed by atoms with E-state index in [9.17, 15) is 0 Å². The largest absolute Gasteiger partial charge is 0.311 e. The summed E-state index contributed by atoms with van der Waals surface area (Å²) >= 11 is 0. The molecule has 0 atom stereocenters. The van der Waals surface area contributed by atoms with Crippen LogP contribution in [-0.2, 0) is 37.9 Å². The van der Waals surface area contributed by atoms with E-state index in [1.54, 1.807) is 0 Å². The van der Waals surface area contributed by atoms with Crippen molar-refractivity contribution >= 4 is 57.2 Å². The molecular weight excluding hydrogens is 735 g/mol. The standard InChI is InChI=1S/C58H71BN2/c1-34-24-49-51-50(25-34)61(46-30-43-39(26-35(46)2)56(12,13)33-58(43,16)17)48-31-42-41(53(6,7)22-23-54(42,8)9)29-45(48)59(51)44-21-18-36(52(3,4)5)27-47(44)60(49)37-19-20-38-40(28-37)57(14,15)32-55(38,10)11/h18-21,24-31H,22-23,32-33H2,1-17H3/i1D3. The van der Waals surface area contributed by atoms with Crippen LogP contribution in [0.5, 0.6) is 0 Å². The van der Waals surface area contributed by atoms with Crippen LogP contribution in [0.25, 0.3) is 0 Å². The predicted molar refractivity (Wildman–Crippen MR) is 265 cm³/mol. The van der Waals surface area contributed by atoms with Crippen LogP contribution in [0, 0.1) is 13.8 Å². The molecule has 0 amide bonds. The molecule has 5 aliphatic rings. The summed E-state index contributed by atoms with van der Waals surface area (Å²) in [6, 6.07) is 28.5. The summed E-state index contributed by atoms with van der Waals surface area (Å²) < 4.78 is 27.4. The van der Waals surface area contributed by atoms with Gasteiger partial charge in [0.05, 0.1) is 0 Å². The molecular formula is C58H71BN2. The van der Waals surface area contributed by atoms with Gasteiger partial charge in [-0.15, -0.1) is 0 Å². The number of hydrogen-bond donors (Lipinski definition) is 0. The number of benzene rings is 5. The molecule has 3 aliphatic carbocycles. The van der Waals surface area contributed by atoms with Crippen LogP contribution < -0.4 is 26.2 Å². The molecule has 3 heteroatoms. The van der Waals surface area contributed by atoms with Gasteiger partial charge in [0.2, 0.25) is 0 Å². The second-order valence-electron chi connectivity index (χ2n) is 25.1. The Labute approximate surface area is 373 Å². The summed E-state index contributed by atoms with van der Waals surface area (Å²) in [6.45, 7) is 35.6. The Bertz CT molecular complexity index is 2840. The van der Waals surface area contributed by atoms with Crippen molar-refractivity contribution in [1.82, 2.24) is 0 Å². The van der Waals surface area contributed by atoms with E-state index in [0.717, 1.165) is 54.1 Å². The number of anilines is 6. The quantitative estimate of drug-likeness (QED) is 0.161. The van der Waals surface area contributed by atoms with Gasteiger partial charge in [-0.3, -0.25) is 0 Å². The highest BCUT2D eigenvalue weighted by atomic mass is 15.2. The number of hydrogen-bond acceptors (Lipinski definition) is 2. The van der Waals surface area contributed by atoms with Gasteiger partial charge >= 0.3 is 0 Å². The smallest absolute Gasteiger partial charge is 0.252 e. The predicted octanol–water partition coefficient (Wildman–Crippen LogP) is 14.0. The lowest BCUT2D eigenvalue weighted by Gasteiger charge is -2.48. The molecule has 0 unspecified atom stereocenters. The van der Waals surface area contributed by atoms with E-state index in [-0.39, 0.29) is 44.6 Å². The molecule has 316 valence electrons. The minimum atomic E-state index is -2.34. The van der Waals surface area contributed by atoms with Crippen molar-refractivity contribution in [3.05, 3.63) is 123 Å². The molecule has 0 spiro atoms. The molecule has 0 fully saturated rings. The molecule has 0 saturated carbocycles. The summed E-state index contributed by atoms with van der Waals surface area (Å²) in [5, 5.41) is 0. The third-order valence-electron chi connectivity index (χ3n) is 16.4. The number of aryl methyl sites for hydroxylation is 2. The highest BCUT2D eigenvalue weighted by molar-refractivity contribution is 7.00. The van der Waals surface area contributed by atoms with Crippen molar-refractivity contribution in [3.8, 4) is 0 Å². The molecule has 0 saturated heterocycles. The molecule has 61 heavy (non-hydrogen) atoms. The summed E-state index contributed by atoms with van der Waals surface area (Å²) in [7, 11) is 0. The first-order valence-corrected chi connectivity index (χ1v) is 23.3. The highest BCUT2D eigenvalue weighted by Crippen LogP contribution is 2.56. The number of rotatable bonds is 2. The van der Waals surface area contributed by atoms with Gasteiger partial charge in [0.1, 0.15) is 0 Å². The molecule has 2 nitrogen and oxygen atoms in total. The van der Waals surface area contributed by atoms with Gasteiger partial charge in [0.25, 0.3) is 6.71 Å². The SMILES string of the molecule is [2H]C([2H])([2H])c1cc2c3c(c1)N(c1cc4c(cc1C)C(C)(C)CC4(C)C)c1cc4c(cc1B3c1ccc(C(C)(C)C)cc1N2c1ccc2c(c1)C(C)(C)CC2(C)C)C(C)(C)CCC4(C)C. The van der Waals surface area contributed by atoms with Gasteiger partial charge in [-0.2, -0.15) is 0 Å². The number of nitrogens with zero attached hydrogens (tertiary/aromatic N) is 2. The average Bonchev–Trinajstić information content (AvgIpc) is 3.48. The molecule has 2 heterocycles. The van der Waals surface area contributed by atoms with E-state index in [4.69, 9.17) is 4.11 Å². The molecule has 0 radical (unpaired) electrons. The lowest BCUT2D eigenvalue weighted by molar-refractivity contribution is 0.332. The van der Waals surface area contributed by atoms with E-state index in [1.807, 2.05) is 12.1 Å². The molecule has 10 rings (SSSR count). The van der Waals surface area contributed by atoms with Crippen LogP contribution >= 0.6 is 0 Å². The third kappa shape index (κ3) is 5.80. The first kappa shape index (κ1) is 37.3. The second kappa shape index (κ2) is 12.3. The molecule has 5 aromatic carbocycles. The van der Waals surface area contributed by atoms with Gasteiger partial charge < -0.3 is 9.80 Å². The Morgan fingerprint density at radius 2 is 1.00 bits per heavy atom. The molecule has 0 aromatic heterocycles. The van der Waals surface area contributed by atoms with Crippen LogP contribution in [0.2, 0.25) is 0 Å². The highest BCUT2D eigenvalue weighted by Gasteiger charge is 2.49. The van der Waals surface area contributed by atoms with Crippen molar-refractivity contribution < 1.29 is 4.11 Å². The minimum Gasteiger partial charge on any atom is -0.311 e. The van der Waals surface area contributed by atoms with E-state index in [2.05, 4.69) is 181 Å². The van der Waals surface area contributed by atoms with Crippen molar-refractivity contribution in [3.63, 3.8) is 0 Å². The van der Waals surface area contributed by atoms with Gasteiger partial charge in [0.15, 0.2) is 0 Å². The molecule has 0 bridgehead atoms. The summed E-state index contributed by atoms with van der Waals surface area (Å²) in [5.74, 6) is 0. The fourth-order valence-corrected chi connectivity index (χ4v) is 13.5. The third-order valence-corrected chi connectivity index (χ3v) is 16.4. The van der Waals surface area contributed by atoms with E-state index >= 15 is 0 Å². The van der Waals surface area contributed by atoms with Crippen molar-refractivity contribution in [2.24, 2.45) is 0 Å². The monoisotopic (exact) mass is 810 g/mol. The van der Waals surface area contributed by atoms with Crippen LogP contribution in [0.1, 0.15) is 184 Å². The maximum atomic E-state index is 9.13. The fourth-order valence-electron chi connectivity index (χ4n) is 13.5. The zero-order valence-electron chi connectivity index (χ0n) is 43.2. The zero-order valence-corrected chi connectivity index (χ0v) is 40.2. The summed E-state index contributed by atoms with van der Waals surface area (Å²) in [5.41, 5.74) is 21.5. The normalized spacial score (nSPS) is 22.2. The lowest BCUT2D eigenvalue weighted by atomic mass is 9.33. The van der Waals surface area contributed by atoms with Crippen LogP contribution in [-0.4, -0.2) is 6.71 Å². The summed E-state index contributed by atoms with van der Waals surface area (Å²) in [6.07, 6.45) is 4.40. The van der Waals surface area contributed by atoms with Crippen LogP contribution in [0.3, 0.4) is 0 Å². The Balaban J connectivity index is 1.36. The zero-order chi connectivity index (χ0) is 46.4. The van der Waals surface area contributed by atoms with Crippen LogP contribution in [0.15, 0.2) is 72.8 Å². The average molecular weight is 810 g/mol. The molecule has 5 aromatic rings. The Morgan fingerprint density at radius 1 is 0.492 bits per heavy atom. The van der Waals surface area contributed by atoms with Gasteiger partial charge in [0, 0.05) is 38.2 Å². The first-order valence-electron chi connectivity index (χ1n) is 24.8. The van der Waals surface area contributed by atoms with Gasteiger partial charge in [-0.25, -0.2) is 0 Å². The topological polar surface area (TPSA) is 6.48 Å². The van der Waals surface area contributed by atoms with Gasteiger partial charge in [-0.05, 0) is 186 Å². The maximum absolute atomic E-state index is 9.13. The Morgan fingerprint density at radius 3 is 1.61 bits per heavy atom. The lowest BCUT2D eigenvalue weighted by Crippen LogP contribution is -2.62. The molecule has 2 aliphatic heterocycles.